The maximum atomic E-state index is 12.7. The maximum Gasteiger partial charge on any atom is 0.310 e. The van der Waals surface area contributed by atoms with Crippen LogP contribution in [0, 0.1) is 5.21 Å². The van der Waals surface area contributed by atoms with Gasteiger partial charge >= 0.3 is 11.9 Å². The van der Waals surface area contributed by atoms with Crippen molar-refractivity contribution in [3.63, 3.8) is 0 Å². The first-order chi connectivity index (χ1) is 22.9. The van der Waals surface area contributed by atoms with Gasteiger partial charge in [-0.3, -0.25) is 4.79 Å². The molecular formula is C40H37N3O4. The molecule has 2 aromatic carbocycles. The Hall–Kier alpha value is -4.98. The Labute approximate surface area is 274 Å². The number of rotatable bonds is 9. The molecule has 0 aromatic heterocycles. The summed E-state index contributed by atoms with van der Waals surface area (Å²) < 4.78 is 0. The van der Waals surface area contributed by atoms with Gasteiger partial charge in [-0.05, 0) is 59.1 Å². The van der Waals surface area contributed by atoms with Crippen LogP contribution >= 0.6 is 0 Å². The molecule has 2 heterocycles. The van der Waals surface area contributed by atoms with E-state index in [1.807, 2.05) is 18.2 Å². The van der Waals surface area contributed by atoms with Crippen LogP contribution in [0.2, 0.25) is 0 Å². The van der Waals surface area contributed by atoms with Gasteiger partial charge in [-0.25, -0.2) is 4.79 Å². The zero-order chi connectivity index (χ0) is 32.2. The molecule has 1 amide bonds. The highest BCUT2D eigenvalue weighted by atomic mass is 16.5. The lowest BCUT2D eigenvalue weighted by molar-refractivity contribution is -0.500. The Morgan fingerprint density at radius 2 is 1.19 bits per heavy atom. The van der Waals surface area contributed by atoms with Gasteiger partial charge in [0.05, 0.1) is 18.5 Å². The van der Waals surface area contributed by atoms with Crippen molar-refractivity contribution in [3.05, 3.63) is 159 Å². The minimum absolute atomic E-state index is 0.0268. The summed E-state index contributed by atoms with van der Waals surface area (Å²) in [5.41, 5.74) is 10.5. The third kappa shape index (κ3) is 4.64. The average Bonchev–Trinajstić information content (AvgIpc) is 3.53. The zero-order valence-electron chi connectivity index (χ0n) is 26.0. The van der Waals surface area contributed by atoms with Crippen molar-refractivity contribution in [1.29, 1.82) is 0 Å². The van der Waals surface area contributed by atoms with E-state index in [1.165, 1.54) is 0 Å². The number of carboxylic acids is 1. The van der Waals surface area contributed by atoms with Crippen LogP contribution in [0.4, 0.5) is 0 Å². The molecule has 236 valence electrons. The lowest BCUT2D eigenvalue weighted by Crippen LogP contribution is -2.81. The normalized spacial score (nSPS) is 27.1. The Bertz CT molecular complexity index is 1960. The fraction of sp³-hybridized carbons (Fsp3) is 0.250. The number of hydrogen-bond acceptors (Lipinski definition) is 5. The number of nitrogens with one attached hydrogen (secondary N) is 2. The highest BCUT2D eigenvalue weighted by molar-refractivity contribution is 5.86. The van der Waals surface area contributed by atoms with Gasteiger partial charge in [-0.2, -0.15) is 0 Å². The molecule has 4 unspecified atom stereocenters. The molecule has 7 nitrogen and oxygen atoms in total. The van der Waals surface area contributed by atoms with Crippen molar-refractivity contribution in [1.82, 2.24) is 10.6 Å². The van der Waals surface area contributed by atoms with Gasteiger partial charge in [-0.1, -0.05) is 109 Å². The quantitative estimate of drug-likeness (QED) is 0.279. The summed E-state index contributed by atoms with van der Waals surface area (Å²) in [5, 5.41) is 29.3. The number of carbonyl (C=O) groups is 2. The maximum absolute atomic E-state index is 12.7. The van der Waals surface area contributed by atoms with Crippen LogP contribution < -0.4 is 16.1 Å². The van der Waals surface area contributed by atoms with Crippen LogP contribution in [-0.2, 0) is 20.4 Å². The van der Waals surface area contributed by atoms with Crippen molar-refractivity contribution < 1.29 is 20.2 Å². The van der Waals surface area contributed by atoms with Gasteiger partial charge in [0.25, 0.3) is 0 Å². The van der Waals surface area contributed by atoms with E-state index in [4.69, 9.17) is 0 Å². The van der Waals surface area contributed by atoms with Gasteiger partial charge < -0.3 is 26.4 Å². The lowest BCUT2D eigenvalue weighted by Gasteiger charge is -2.41. The molecule has 0 saturated heterocycles. The molecule has 4 aliphatic carbocycles. The van der Waals surface area contributed by atoms with E-state index in [0.29, 0.717) is 31.2 Å². The molecule has 0 saturated carbocycles. The Morgan fingerprint density at radius 1 is 0.702 bits per heavy atom. The van der Waals surface area contributed by atoms with Crippen LogP contribution in [0.1, 0.15) is 60.8 Å². The molecule has 4 atom stereocenters. The highest BCUT2D eigenvalue weighted by Gasteiger charge is 2.51. The minimum atomic E-state index is -0.822. The average molecular weight is 624 g/mol. The molecule has 47 heavy (non-hydrogen) atoms. The fourth-order valence-corrected chi connectivity index (χ4v) is 8.79. The molecule has 2 aromatic rings. The number of amides is 1. The number of carboxylic acid groups (broad SMARTS) is 1. The number of hydroxylamine groups is 1. The SMILES string of the molecule is O=C(O)CCC1(CCC2(CCC(=O)[NH2+][O-])C3=C(NC4C=CC=CC4=C3)c3ccccc32)C2=C(NC3C=CC=CC3=C2)c2ccccc21. The summed E-state index contributed by atoms with van der Waals surface area (Å²) in [6.07, 6.45) is 23.8. The summed E-state index contributed by atoms with van der Waals surface area (Å²) in [7, 11) is 0. The molecule has 0 radical (unpaired) electrons. The number of carbonyl (C=O) groups excluding carboxylic acids is 1. The number of primary amides is 1. The van der Waals surface area contributed by atoms with Gasteiger partial charge in [-0.15, -0.1) is 0 Å². The third-order valence-corrected chi connectivity index (χ3v) is 11.0. The molecular weight excluding hydrogens is 586 g/mol. The second kappa shape index (κ2) is 11.4. The summed E-state index contributed by atoms with van der Waals surface area (Å²) >= 11 is 0. The molecule has 8 rings (SSSR count). The number of nitrogens with two attached hydrogens (primary N) is 1. The largest absolute Gasteiger partial charge is 0.628 e. The van der Waals surface area contributed by atoms with Gasteiger partial charge in [0.15, 0.2) is 0 Å². The molecule has 5 N–H and O–H groups in total. The topological polar surface area (TPSA) is 118 Å². The number of fused-ring (bicyclic) bond motifs is 6. The number of hydrogen-bond donors (Lipinski definition) is 4. The molecule has 2 aliphatic heterocycles. The summed E-state index contributed by atoms with van der Waals surface area (Å²) in [6.45, 7) is 0. The standard InChI is InChI=1S/C40H37N3O4/c44-35(43-47)17-19-39(29-13-5-3-11-27(29)37-31(39)23-25-9-1-7-15-33(25)41-37)21-22-40(20-18-36(45)46)30-14-6-4-12-28(30)38-32(40)24-26-10-2-8-16-34(26)42-38/h1-16,23-24,33-34,41-42H,17-22,43H2,(H,45,46). The van der Waals surface area contributed by atoms with Crippen molar-refractivity contribution in [2.75, 3.05) is 0 Å². The van der Waals surface area contributed by atoms with Crippen LogP contribution in [0.15, 0.2) is 132 Å². The molecule has 0 spiro atoms. The van der Waals surface area contributed by atoms with E-state index in [2.05, 4.69) is 102 Å². The van der Waals surface area contributed by atoms with Crippen molar-refractivity contribution in [3.8, 4) is 0 Å². The van der Waals surface area contributed by atoms with Gasteiger partial charge in [0.2, 0.25) is 0 Å². The van der Waals surface area contributed by atoms with E-state index >= 15 is 0 Å². The summed E-state index contributed by atoms with van der Waals surface area (Å²) in [6, 6.07) is 16.9. The van der Waals surface area contributed by atoms with Crippen LogP contribution in [0.25, 0.3) is 11.4 Å². The number of allylic oxidation sites excluding steroid dienone is 8. The van der Waals surface area contributed by atoms with Crippen molar-refractivity contribution >= 4 is 23.3 Å². The lowest BCUT2D eigenvalue weighted by atomic mass is 9.63. The zero-order valence-corrected chi connectivity index (χ0v) is 26.0. The van der Waals surface area contributed by atoms with E-state index in [1.54, 1.807) is 0 Å². The van der Waals surface area contributed by atoms with E-state index in [9.17, 15) is 19.9 Å². The van der Waals surface area contributed by atoms with Crippen molar-refractivity contribution in [2.24, 2.45) is 0 Å². The van der Waals surface area contributed by atoms with Crippen LogP contribution in [-0.4, -0.2) is 29.1 Å². The number of benzene rings is 2. The first-order valence-electron chi connectivity index (χ1n) is 16.5. The smallest absolute Gasteiger partial charge is 0.310 e. The van der Waals surface area contributed by atoms with Crippen molar-refractivity contribution in [2.45, 2.75) is 61.4 Å². The fourth-order valence-electron chi connectivity index (χ4n) is 8.79. The molecule has 6 aliphatic rings. The monoisotopic (exact) mass is 623 g/mol. The van der Waals surface area contributed by atoms with Gasteiger partial charge in [0, 0.05) is 39.8 Å². The van der Waals surface area contributed by atoms with E-state index in [0.717, 1.165) is 55.9 Å². The predicted molar refractivity (Wildman–Crippen MR) is 182 cm³/mol. The van der Waals surface area contributed by atoms with Crippen LogP contribution in [0.5, 0.6) is 0 Å². The number of aliphatic carboxylic acids is 1. The second-order valence-corrected chi connectivity index (χ2v) is 13.3. The number of quaternary nitrogens is 1. The van der Waals surface area contributed by atoms with Gasteiger partial charge in [0.1, 0.15) is 0 Å². The summed E-state index contributed by atoms with van der Waals surface area (Å²) in [5.74, 6) is -1.23. The molecule has 7 heteroatoms. The minimum Gasteiger partial charge on any atom is -0.628 e. The first kappa shape index (κ1) is 29.4. The third-order valence-electron chi connectivity index (χ3n) is 11.0. The molecule has 0 fully saturated rings. The van der Waals surface area contributed by atoms with Crippen LogP contribution in [0.3, 0.4) is 0 Å². The first-order valence-corrected chi connectivity index (χ1v) is 16.5. The number of dihydropyridines is 2. The predicted octanol–water partition coefficient (Wildman–Crippen LogP) is 5.37. The van der Waals surface area contributed by atoms with E-state index < -0.39 is 22.7 Å². The Morgan fingerprint density at radius 3 is 1.68 bits per heavy atom. The summed E-state index contributed by atoms with van der Waals surface area (Å²) in [4.78, 5) is 24.9. The molecule has 0 bridgehead atoms. The Kier molecular flexibility index (Phi) is 7.12. The second-order valence-electron chi connectivity index (χ2n) is 13.3. The van der Waals surface area contributed by atoms with E-state index in [-0.39, 0.29) is 24.9 Å². The Balaban J connectivity index is 1.29. The highest BCUT2D eigenvalue weighted by Crippen LogP contribution is 2.59.